The van der Waals surface area contributed by atoms with Crippen LogP contribution >= 0.6 is 0 Å². The van der Waals surface area contributed by atoms with Crippen LogP contribution < -0.4 is 0 Å². The summed E-state index contributed by atoms with van der Waals surface area (Å²) in [6.45, 7) is 0.215. The Balaban J connectivity index is 3.54. The largest absolute Gasteiger partial charge is 0.535 e. The Kier molecular flexibility index (Phi) is 14.9. The Bertz CT molecular complexity index is 1630. The van der Waals surface area contributed by atoms with E-state index in [9.17, 15) is 119 Å². The number of nitrogens with zero attached hydrogens (tertiary/aromatic N) is 2. The van der Waals surface area contributed by atoms with Crippen molar-refractivity contribution in [2.24, 2.45) is 5.16 Å². The minimum absolute atomic E-state index is 0.173. The molecule has 5 nitrogen and oxygen atoms in total. The van der Waals surface area contributed by atoms with E-state index in [-0.39, 0.29) is 12.5 Å². The summed E-state index contributed by atoms with van der Waals surface area (Å²) in [6.07, 6.45) is -31.8. The van der Waals surface area contributed by atoms with Crippen molar-refractivity contribution >= 4 is 11.9 Å². The number of benzene rings is 1. The number of ether oxygens (including phenoxy) is 1. The van der Waals surface area contributed by atoms with E-state index in [0.717, 1.165) is 12.1 Å². The van der Waals surface area contributed by atoms with Gasteiger partial charge >= 0.3 is 77.7 Å². The predicted molar refractivity (Wildman–Crippen MR) is 144 cm³/mol. The SMILES string of the molecule is CC(CCCC(F)(F)C(F)(F)C(F)(F)C(F)(F)C(F)(F)C(F)(F)F)(CCCC(F)(F)C(F)(F)C(F)(F)C(F)(F)C(F)(F)C(F)(F)F)OC(=O)O/N=C(\C#N)c1ccccc1. The average Bonchev–Trinajstić information content (AvgIpc) is 3.07. The highest BCUT2D eigenvalue weighted by Gasteiger charge is 2.92. The topological polar surface area (TPSA) is 71.7 Å². The van der Waals surface area contributed by atoms with E-state index in [1.807, 2.05) is 0 Å². The molecule has 0 unspecified atom stereocenters. The van der Waals surface area contributed by atoms with Crippen LogP contribution in [0, 0.1) is 11.3 Å². The number of carbonyl (C=O) groups excluding carboxylic acids is 1. The van der Waals surface area contributed by atoms with E-state index in [2.05, 4.69) is 14.7 Å². The first-order chi connectivity index (χ1) is 26.3. The zero-order valence-electron chi connectivity index (χ0n) is 28.6. The van der Waals surface area contributed by atoms with E-state index in [1.54, 1.807) is 0 Å². The lowest BCUT2D eigenvalue weighted by molar-refractivity contribution is -0.440. The molecule has 0 spiro atoms. The molecule has 0 atom stereocenters. The smallest absolute Gasteiger partial charge is 0.426 e. The zero-order chi connectivity index (χ0) is 47.8. The summed E-state index contributed by atoms with van der Waals surface area (Å²) in [5.74, 6) is -78.9. The number of hydrogen-bond donors (Lipinski definition) is 0. The van der Waals surface area contributed by atoms with Gasteiger partial charge in [-0.3, -0.25) is 4.84 Å². The van der Waals surface area contributed by atoms with Crippen molar-refractivity contribution in [3.63, 3.8) is 0 Å². The van der Waals surface area contributed by atoms with Gasteiger partial charge in [0.05, 0.1) is 0 Å². The molecule has 0 aliphatic heterocycles. The molecule has 0 aromatic heterocycles. The molecule has 31 heteroatoms. The molecular weight excluding hydrogens is 918 g/mol. The summed E-state index contributed by atoms with van der Waals surface area (Å²) in [4.78, 5) is 16.4. The third kappa shape index (κ3) is 9.49. The average molecular weight is 938 g/mol. The molecule has 1 aromatic carbocycles. The van der Waals surface area contributed by atoms with Crippen molar-refractivity contribution in [2.45, 2.75) is 123 Å². The molecule has 0 amide bonds. The minimum atomic E-state index is -8.34. The maximum absolute atomic E-state index is 14.4. The molecule has 346 valence electrons. The van der Waals surface area contributed by atoms with Gasteiger partial charge in [0.15, 0.2) is 5.71 Å². The summed E-state index contributed by atoms with van der Waals surface area (Å²) >= 11 is 0. The first-order valence-electron chi connectivity index (χ1n) is 15.2. The van der Waals surface area contributed by atoms with Crippen LogP contribution in [0.25, 0.3) is 0 Å². The van der Waals surface area contributed by atoms with Crippen molar-refractivity contribution in [1.29, 1.82) is 5.26 Å². The van der Waals surface area contributed by atoms with Crippen molar-refractivity contribution in [3.05, 3.63) is 35.9 Å². The van der Waals surface area contributed by atoms with Gasteiger partial charge in [0.25, 0.3) is 0 Å². The lowest BCUT2D eigenvalue weighted by atomic mass is 9.87. The molecule has 0 fully saturated rings. The van der Waals surface area contributed by atoms with Gasteiger partial charge in [-0.2, -0.15) is 119 Å². The second kappa shape index (κ2) is 16.6. The standard InChI is InChI=1S/C29H20F26N2O3/c1-17(59-16(58)60-57-15(13-56)14-7-3-2-4-8-14,9-5-11-18(30,31)20(34,35)22(38,39)24(42,43)26(46,47)28(50,51)52)10-6-12-19(32,33)21(36,37)23(40,41)25(44,45)27(48,49)29(53,54)55/h2-4,7-8H,5-6,9-12H2,1H3/b57-15+. The summed E-state index contributed by atoms with van der Waals surface area (Å²) in [7, 11) is 0. The van der Waals surface area contributed by atoms with Gasteiger partial charge in [0.1, 0.15) is 11.7 Å². The molecule has 0 saturated heterocycles. The minimum Gasteiger partial charge on any atom is -0.426 e. The van der Waals surface area contributed by atoms with Crippen molar-refractivity contribution in [2.75, 3.05) is 0 Å². The number of halogens is 26. The van der Waals surface area contributed by atoms with Crippen molar-refractivity contribution < 1.29 is 129 Å². The van der Waals surface area contributed by atoms with Gasteiger partial charge in [-0.25, -0.2) is 4.79 Å². The highest BCUT2D eigenvalue weighted by molar-refractivity contribution is 6.11. The predicted octanol–water partition coefficient (Wildman–Crippen LogP) is 12.6. The van der Waals surface area contributed by atoms with Crippen LogP contribution in [0.2, 0.25) is 0 Å². The fourth-order valence-corrected chi connectivity index (χ4v) is 4.55. The Morgan fingerprint density at radius 3 is 1.13 bits per heavy atom. The monoisotopic (exact) mass is 938 g/mol. The summed E-state index contributed by atoms with van der Waals surface area (Å²) in [5, 5.41) is 12.1. The third-order valence-corrected chi connectivity index (χ3v) is 8.08. The first-order valence-corrected chi connectivity index (χ1v) is 15.2. The second-order valence-corrected chi connectivity index (χ2v) is 12.5. The molecule has 0 radical (unpaired) electrons. The lowest BCUT2D eigenvalue weighted by Gasteiger charge is -2.40. The maximum atomic E-state index is 14.4. The molecule has 0 aliphatic rings. The van der Waals surface area contributed by atoms with E-state index in [1.165, 1.54) is 24.3 Å². The fraction of sp³-hybridized carbons (Fsp3) is 0.690. The second-order valence-electron chi connectivity index (χ2n) is 12.5. The number of carbonyl (C=O) groups is 1. The number of hydrogen-bond acceptors (Lipinski definition) is 5. The Labute approximate surface area is 316 Å². The van der Waals surface area contributed by atoms with Crippen LogP contribution in [0.15, 0.2) is 35.5 Å². The van der Waals surface area contributed by atoms with Gasteiger partial charge in [0.2, 0.25) is 0 Å². The lowest BCUT2D eigenvalue weighted by Crippen LogP contribution is -2.70. The highest BCUT2D eigenvalue weighted by Crippen LogP contribution is 2.62. The van der Waals surface area contributed by atoms with Crippen LogP contribution in [-0.4, -0.2) is 89.0 Å². The van der Waals surface area contributed by atoms with Crippen LogP contribution in [0.4, 0.5) is 119 Å². The molecule has 0 bridgehead atoms. The van der Waals surface area contributed by atoms with Crippen LogP contribution in [0.3, 0.4) is 0 Å². The molecular formula is C29H20F26N2O3. The van der Waals surface area contributed by atoms with E-state index < -0.39 is 128 Å². The van der Waals surface area contributed by atoms with Crippen molar-refractivity contribution in [3.8, 4) is 6.07 Å². The van der Waals surface area contributed by atoms with E-state index in [0.29, 0.717) is 0 Å². The summed E-state index contributed by atoms with van der Waals surface area (Å²) in [6, 6.07) is 7.37. The number of rotatable bonds is 19. The third-order valence-electron chi connectivity index (χ3n) is 8.08. The van der Waals surface area contributed by atoms with Crippen molar-refractivity contribution in [1.82, 2.24) is 0 Å². The molecule has 60 heavy (non-hydrogen) atoms. The quantitative estimate of drug-likeness (QED) is 0.0455. The van der Waals surface area contributed by atoms with Gasteiger partial charge in [-0.1, -0.05) is 35.5 Å². The van der Waals surface area contributed by atoms with Gasteiger partial charge in [-0.05, 0) is 32.6 Å². The normalized spacial score (nSPS) is 15.5. The molecule has 0 saturated carbocycles. The van der Waals surface area contributed by atoms with Crippen LogP contribution in [-0.2, 0) is 9.57 Å². The van der Waals surface area contributed by atoms with Crippen LogP contribution in [0.1, 0.15) is 51.0 Å². The fourth-order valence-electron chi connectivity index (χ4n) is 4.55. The summed E-state index contributed by atoms with van der Waals surface area (Å²) in [5.41, 5.74) is -4.18. The number of nitriles is 1. The maximum Gasteiger partial charge on any atom is 0.535 e. The Hall–Kier alpha value is -4.17. The Morgan fingerprint density at radius 1 is 0.517 bits per heavy atom. The molecule has 1 aromatic rings. The number of oxime groups is 1. The number of alkyl halides is 26. The zero-order valence-corrected chi connectivity index (χ0v) is 28.6. The Morgan fingerprint density at radius 2 is 0.833 bits per heavy atom. The van der Waals surface area contributed by atoms with E-state index in [4.69, 9.17) is 5.26 Å². The van der Waals surface area contributed by atoms with E-state index >= 15 is 0 Å². The molecule has 1 rings (SSSR count). The van der Waals surface area contributed by atoms with Gasteiger partial charge in [-0.15, -0.1) is 0 Å². The highest BCUT2D eigenvalue weighted by atomic mass is 19.4. The van der Waals surface area contributed by atoms with Gasteiger partial charge in [0, 0.05) is 18.4 Å². The first kappa shape index (κ1) is 53.8. The molecule has 0 N–H and O–H groups in total. The summed E-state index contributed by atoms with van der Waals surface area (Å²) < 4.78 is 355. The molecule has 0 aliphatic carbocycles. The van der Waals surface area contributed by atoms with Crippen LogP contribution in [0.5, 0.6) is 0 Å². The molecule has 0 heterocycles. The van der Waals surface area contributed by atoms with Gasteiger partial charge < -0.3 is 4.74 Å².